The molecule has 2 heterocycles. The van der Waals surface area contributed by atoms with E-state index in [-0.39, 0.29) is 25.0 Å². The van der Waals surface area contributed by atoms with Crippen LogP contribution in [0.4, 0.5) is 4.79 Å². The van der Waals surface area contributed by atoms with Crippen molar-refractivity contribution >= 4 is 41.6 Å². The number of methoxy groups -OCH3 is 1. The normalized spacial score (nSPS) is 23.2. The van der Waals surface area contributed by atoms with Gasteiger partial charge in [-0.3, -0.25) is 14.5 Å². The van der Waals surface area contributed by atoms with Gasteiger partial charge in [0.05, 0.1) is 0 Å². The van der Waals surface area contributed by atoms with Gasteiger partial charge in [-0.15, -0.1) is 11.8 Å². The van der Waals surface area contributed by atoms with E-state index < -0.39 is 52.6 Å². The number of thioether (sulfide) groups is 1. The maximum absolute atomic E-state index is 12.8. The molecule has 0 bridgehead atoms. The van der Waals surface area contributed by atoms with Gasteiger partial charge in [0.2, 0.25) is 5.91 Å². The average Bonchev–Trinajstić information content (AvgIpc) is 2.68. The van der Waals surface area contributed by atoms with E-state index in [0.29, 0.717) is 11.3 Å². The van der Waals surface area contributed by atoms with Gasteiger partial charge in [0, 0.05) is 19.3 Å². The van der Waals surface area contributed by atoms with Gasteiger partial charge in [-0.1, -0.05) is 0 Å². The number of carbonyl (C=O) groups excluding carboxylic acids is 3. The number of rotatable bonds is 9. The van der Waals surface area contributed by atoms with Crippen molar-refractivity contribution in [2.45, 2.75) is 69.7 Å². The Morgan fingerprint density at radius 2 is 1.91 bits per heavy atom. The molecule has 3 amide bonds. The zero-order chi connectivity index (χ0) is 25.1. The van der Waals surface area contributed by atoms with Gasteiger partial charge in [-0.05, 0) is 46.1 Å². The van der Waals surface area contributed by atoms with Crippen LogP contribution in [0.15, 0.2) is 11.3 Å². The molecule has 2 unspecified atom stereocenters. The second-order valence-electron chi connectivity index (χ2n) is 8.69. The minimum atomic E-state index is -1.70. The number of β-lactam (4-membered cyclic amide) rings is 1. The first-order valence-corrected chi connectivity index (χ1v) is 11.2. The third-order valence-electron chi connectivity index (χ3n) is 4.96. The Balaban J connectivity index is 1.96. The van der Waals surface area contributed by atoms with Crippen LogP contribution in [0.3, 0.4) is 0 Å². The summed E-state index contributed by atoms with van der Waals surface area (Å²) in [5, 5.41) is 22.8. The Morgan fingerprint density at radius 3 is 2.42 bits per heavy atom. The zero-order valence-corrected chi connectivity index (χ0v) is 19.9. The molecule has 13 heteroatoms. The van der Waals surface area contributed by atoms with E-state index in [0.717, 1.165) is 4.90 Å². The number of carbonyl (C=O) groups is 5. The lowest BCUT2D eigenvalue weighted by atomic mass is 9.98. The van der Waals surface area contributed by atoms with Crippen LogP contribution in [0.2, 0.25) is 0 Å². The number of alkyl carbamates (subject to hydrolysis) is 1. The molecule has 12 nitrogen and oxygen atoms in total. The fourth-order valence-electron chi connectivity index (χ4n) is 3.48. The average molecular weight is 488 g/mol. The first-order chi connectivity index (χ1) is 15.2. The summed E-state index contributed by atoms with van der Waals surface area (Å²) in [5.41, 5.74) is -2.09. The lowest BCUT2D eigenvalue weighted by Gasteiger charge is -2.55. The van der Waals surface area contributed by atoms with Crippen LogP contribution < -0.4 is 10.6 Å². The standard InChI is InChI=1S/C20H29N3O9S/c1-10-9-33-17-20(31-5,16(29)23(17)13(10)15(27)28)22-12(24)8-6-7-11(14(25)26)21-18(30)32-19(2,3)4/h11,17H,6-9H2,1-5H3,(H,21,30)(H,22,24)(H,25,26)(H,27,28)/t11?,17-,20?/m0/s1. The van der Waals surface area contributed by atoms with Crippen LogP contribution in [-0.4, -0.2) is 80.6 Å². The number of nitrogens with zero attached hydrogens (tertiary/aromatic N) is 1. The van der Waals surface area contributed by atoms with Crippen LogP contribution in [-0.2, 0) is 28.7 Å². The molecule has 0 aromatic rings. The fraction of sp³-hybridized carbons (Fsp3) is 0.650. The molecule has 33 heavy (non-hydrogen) atoms. The topological polar surface area (TPSA) is 172 Å². The molecule has 0 aromatic carbocycles. The third-order valence-corrected chi connectivity index (χ3v) is 6.42. The van der Waals surface area contributed by atoms with Gasteiger partial charge < -0.3 is 30.3 Å². The summed E-state index contributed by atoms with van der Waals surface area (Å²) >= 11 is 1.27. The maximum atomic E-state index is 12.8. The number of hydrogen-bond acceptors (Lipinski definition) is 8. The van der Waals surface area contributed by atoms with Crippen molar-refractivity contribution in [2.75, 3.05) is 12.9 Å². The molecule has 4 N–H and O–H groups in total. The molecule has 0 radical (unpaired) electrons. The SMILES string of the molecule is COC1(NC(=O)CCCC(NC(=O)OC(C)(C)C)C(=O)O)C(=O)N2C(C(=O)O)=C(C)CS[C@H]21. The third kappa shape index (κ3) is 5.77. The number of aliphatic carboxylic acids is 2. The largest absolute Gasteiger partial charge is 0.480 e. The molecular formula is C20H29N3O9S. The van der Waals surface area contributed by atoms with Crippen LogP contribution in [0.5, 0.6) is 0 Å². The zero-order valence-electron chi connectivity index (χ0n) is 19.1. The first-order valence-electron chi connectivity index (χ1n) is 10.2. The van der Waals surface area contributed by atoms with E-state index in [2.05, 4.69) is 10.6 Å². The van der Waals surface area contributed by atoms with E-state index >= 15 is 0 Å². The van der Waals surface area contributed by atoms with E-state index in [1.165, 1.54) is 18.9 Å². The summed E-state index contributed by atoms with van der Waals surface area (Å²) < 4.78 is 10.4. The molecular weight excluding hydrogens is 458 g/mol. The summed E-state index contributed by atoms with van der Waals surface area (Å²) in [6.45, 7) is 6.54. The Labute approximate surface area is 195 Å². The molecule has 184 valence electrons. The van der Waals surface area contributed by atoms with Crippen molar-refractivity contribution in [3.8, 4) is 0 Å². The molecule has 3 atom stereocenters. The molecule has 1 fully saturated rings. The predicted molar refractivity (Wildman–Crippen MR) is 116 cm³/mol. The second kappa shape index (κ2) is 10.00. The van der Waals surface area contributed by atoms with Crippen molar-refractivity contribution in [3.63, 3.8) is 0 Å². The Kier molecular flexibility index (Phi) is 8.01. The molecule has 0 aromatic heterocycles. The minimum Gasteiger partial charge on any atom is -0.480 e. The first kappa shape index (κ1) is 26.5. The maximum Gasteiger partial charge on any atom is 0.408 e. The van der Waals surface area contributed by atoms with Gasteiger partial charge >= 0.3 is 18.0 Å². The fourth-order valence-corrected chi connectivity index (χ4v) is 4.86. The number of fused-ring (bicyclic) bond motifs is 1. The highest BCUT2D eigenvalue weighted by Crippen LogP contribution is 2.46. The number of ether oxygens (including phenoxy) is 2. The molecule has 1 saturated heterocycles. The quantitative estimate of drug-likeness (QED) is 0.270. The van der Waals surface area contributed by atoms with Crippen LogP contribution in [0, 0.1) is 0 Å². The lowest BCUT2D eigenvalue weighted by Crippen LogP contribution is -2.80. The van der Waals surface area contributed by atoms with E-state index in [9.17, 15) is 34.2 Å². The highest BCUT2D eigenvalue weighted by Gasteiger charge is 2.66. The number of carboxylic acid groups (broad SMARTS) is 2. The van der Waals surface area contributed by atoms with E-state index in [1.54, 1.807) is 27.7 Å². The van der Waals surface area contributed by atoms with Gasteiger partial charge in [-0.2, -0.15) is 0 Å². The van der Waals surface area contributed by atoms with E-state index in [4.69, 9.17) is 9.47 Å². The Morgan fingerprint density at radius 1 is 1.27 bits per heavy atom. The monoisotopic (exact) mass is 487 g/mol. The summed E-state index contributed by atoms with van der Waals surface area (Å²) in [5.74, 6) is -3.42. The molecule has 2 aliphatic heterocycles. The minimum absolute atomic E-state index is 0.0503. The highest BCUT2D eigenvalue weighted by molar-refractivity contribution is 8.00. The predicted octanol–water partition coefficient (Wildman–Crippen LogP) is 0.867. The van der Waals surface area contributed by atoms with Gasteiger partial charge in [0.15, 0.2) is 0 Å². The molecule has 2 rings (SSSR count). The van der Waals surface area contributed by atoms with Gasteiger partial charge in [-0.25, -0.2) is 14.4 Å². The van der Waals surface area contributed by atoms with Crippen molar-refractivity contribution in [1.82, 2.24) is 15.5 Å². The number of amides is 3. The van der Waals surface area contributed by atoms with Gasteiger partial charge in [0.25, 0.3) is 11.6 Å². The van der Waals surface area contributed by atoms with Crippen LogP contribution >= 0.6 is 11.8 Å². The number of nitrogens with one attached hydrogen (secondary N) is 2. The molecule has 0 spiro atoms. The summed E-state index contributed by atoms with van der Waals surface area (Å²) in [6.07, 6.45) is -0.987. The van der Waals surface area contributed by atoms with Gasteiger partial charge in [0.1, 0.15) is 22.7 Å². The lowest BCUT2D eigenvalue weighted by molar-refractivity contribution is -0.192. The van der Waals surface area contributed by atoms with Crippen molar-refractivity contribution in [3.05, 3.63) is 11.3 Å². The molecule has 2 aliphatic rings. The Hall–Kier alpha value is -2.80. The van der Waals surface area contributed by atoms with Crippen molar-refractivity contribution in [1.29, 1.82) is 0 Å². The number of carboxylic acids is 2. The van der Waals surface area contributed by atoms with Crippen LogP contribution in [0.25, 0.3) is 0 Å². The highest BCUT2D eigenvalue weighted by atomic mass is 32.2. The summed E-state index contributed by atoms with van der Waals surface area (Å²) in [6, 6.07) is -1.26. The van der Waals surface area contributed by atoms with Crippen molar-refractivity contribution < 1.29 is 43.7 Å². The summed E-state index contributed by atoms with van der Waals surface area (Å²) in [4.78, 5) is 61.2. The Bertz CT molecular complexity index is 882. The second-order valence-corrected chi connectivity index (χ2v) is 9.76. The number of hydrogen-bond donors (Lipinski definition) is 4. The molecule has 0 saturated carbocycles. The van der Waals surface area contributed by atoms with Crippen LogP contribution in [0.1, 0.15) is 47.0 Å². The smallest absolute Gasteiger partial charge is 0.408 e. The molecule has 0 aliphatic carbocycles. The van der Waals surface area contributed by atoms with E-state index in [1.807, 2.05) is 0 Å². The van der Waals surface area contributed by atoms with Crippen molar-refractivity contribution in [2.24, 2.45) is 0 Å². The summed E-state index contributed by atoms with van der Waals surface area (Å²) in [7, 11) is 1.24.